The molecule has 1 N–H and O–H groups in total. The molecule has 168 valence electrons. The van der Waals surface area contributed by atoms with Crippen LogP contribution in [0.2, 0.25) is 0 Å². The molecule has 1 aliphatic rings. The molecule has 2 amide bonds. The van der Waals surface area contributed by atoms with Crippen LogP contribution in [0.5, 0.6) is 0 Å². The maximum atomic E-state index is 13.3. The average Bonchev–Trinajstić information content (AvgIpc) is 3.41. The van der Waals surface area contributed by atoms with Gasteiger partial charge in [0.05, 0.1) is 16.3 Å². The smallest absolute Gasteiger partial charge is 0.264 e. The normalized spacial score (nSPS) is 14.5. The molecule has 4 aromatic rings. The van der Waals surface area contributed by atoms with Crippen LogP contribution in [0.25, 0.3) is 15.9 Å². The fourth-order valence-electron chi connectivity index (χ4n) is 4.15. The summed E-state index contributed by atoms with van der Waals surface area (Å²) in [5.41, 5.74) is 2.23. The van der Waals surface area contributed by atoms with Crippen molar-refractivity contribution < 1.29 is 14.0 Å². The van der Waals surface area contributed by atoms with Crippen molar-refractivity contribution in [2.45, 2.75) is 25.8 Å². The first-order valence-corrected chi connectivity index (χ1v) is 11.7. The summed E-state index contributed by atoms with van der Waals surface area (Å²) in [7, 11) is 0. The molecule has 8 heteroatoms. The van der Waals surface area contributed by atoms with Crippen molar-refractivity contribution in [3.8, 4) is 5.69 Å². The molecular formula is C25H23FN4O2S. The van der Waals surface area contributed by atoms with E-state index in [0.29, 0.717) is 23.5 Å². The number of piperidine rings is 1. The summed E-state index contributed by atoms with van der Waals surface area (Å²) in [5, 5.41) is 8.57. The van der Waals surface area contributed by atoms with Crippen LogP contribution in [0, 0.1) is 12.7 Å². The van der Waals surface area contributed by atoms with Gasteiger partial charge in [0.25, 0.3) is 11.8 Å². The number of hydrogen-bond acceptors (Lipinski definition) is 4. The number of likely N-dealkylation sites (tertiary alicyclic amines) is 1. The summed E-state index contributed by atoms with van der Waals surface area (Å²) in [6.45, 7) is 3.09. The zero-order valence-electron chi connectivity index (χ0n) is 18.1. The topological polar surface area (TPSA) is 67.2 Å². The average molecular weight is 463 g/mol. The molecule has 0 unspecified atom stereocenters. The van der Waals surface area contributed by atoms with Gasteiger partial charge < -0.3 is 10.2 Å². The molecular weight excluding hydrogens is 439 g/mol. The van der Waals surface area contributed by atoms with Gasteiger partial charge in [-0.1, -0.05) is 18.2 Å². The molecule has 2 aromatic heterocycles. The van der Waals surface area contributed by atoms with E-state index >= 15 is 0 Å². The van der Waals surface area contributed by atoms with Crippen LogP contribution >= 0.6 is 11.3 Å². The van der Waals surface area contributed by atoms with Crippen molar-refractivity contribution in [1.29, 1.82) is 0 Å². The highest BCUT2D eigenvalue weighted by Crippen LogP contribution is 2.31. The van der Waals surface area contributed by atoms with Crippen molar-refractivity contribution in [2.24, 2.45) is 0 Å². The van der Waals surface area contributed by atoms with Gasteiger partial charge in [0.1, 0.15) is 10.6 Å². The number of rotatable bonds is 4. The van der Waals surface area contributed by atoms with Crippen LogP contribution in [0.15, 0.2) is 60.7 Å². The number of nitrogens with zero attached hydrogens (tertiary/aromatic N) is 3. The fraction of sp³-hybridized carbons (Fsp3) is 0.240. The Hall–Kier alpha value is -3.52. The molecule has 0 spiro atoms. The second-order valence-electron chi connectivity index (χ2n) is 8.21. The summed E-state index contributed by atoms with van der Waals surface area (Å²) in [6, 6.07) is 17.3. The number of carbonyl (C=O) groups excluding carboxylic acids is 2. The Bertz CT molecular complexity index is 1310. The summed E-state index contributed by atoms with van der Waals surface area (Å²) >= 11 is 1.40. The van der Waals surface area contributed by atoms with Gasteiger partial charge in [0.15, 0.2) is 0 Å². The molecule has 1 saturated heterocycles. The van der Waals surface area contributed by atoms with Crippen molar-refractivity contribution >= 4 is 33.4 Å². The van der Waals surface area contributed by atoms with Crippen molar-refractivity contribution in [2.75, 3.05) is 13.1 Å². The molecule has 0 aliphatic carbocycles. The lowest BCUT2D eigenvalue weighted by molar-refractivity contribution is 0.0703. The van der Waals surface area contributed by atoms with Crippen LogP contribution in [0.4, 0.5) is 4.39 Å². The molecule has 5 rings (SSSR count). The predicted molar refractivity (Wildman–Crippen MR) is 126 cm³/mol. The molecule has 0 saturated carbocycles. The van der Waals surface area contributed by atoms with Gasteiger partial charge in [-0.15, -0.1) is 11.3 Å². The quantitative estimate of drug-likeness (QED) is 0.483. The zero-order chi connectivity index (χ0) is 22.9. The van der Waals surface area contributed by atoms with E-state index in [-0.39, 0.29) is 23.7 Å². The number of fused-ring (bicyclic) bond motifs is 1. The minimum absolute atomic E-state index is 0.00547. The van der Waals surface area contributed by atoms with Crippen molar-refractivity contribution in [3.05, 3.63) is 82.6 Å². The number of aromatic nitrogens is 2. The lowest BCUT2D eigenvalue weighted by atomic mass is 10.0. The molecule has 33 heavy (non-hydrogen) atoms. The zero-order valence-corrected chi connectivity index (χ0v) is 18.9. The van der Waals surface area contributed by atoms with Gasteiger partial charge in [0.2, 0.25) is 0 Å². The lowest BCUT2D eigenvalue weighted by Crippen LogP contribution is -2.46. The van der Waals surface area contributed by atoms with Gasteiger partial charge in [-0.2, -0.15) is 5.10 Å². The standard InChI is InChI=1S/C25H23FN4O2S/c1-16-21-15-22(33-25(21)30(28-16)20-9-7-18(26)8-10-20)24(32)29-13-11-19(12-14-29)27-23(31)17-5-3-2-4-6-17/h2-10,15,19H,11-14H2,1H3,(H,27,31). The summed E-state index contributed by atoms with van der Waals surface area (Å²) in [5.74, 6) is -0.385. The first-order chi connectivity index (χ1) is 16.0. The molecule has 3 heterocycles. The third kappa shape index (κ3) is 4.26. The van der Waals surface area contributed by atoms with E-state index < -0.39 is 0 Å². The van der Waals surface area contributed by atoms with Gasteiger partial charge in [-0.05, 0) is 62.2 Å². The van der Waals surface area contributed by atoms with Gasteiger partial charge >= 0.3 is 0 Å². The molecule has 0 atom stereocenters. The minimum atomic E-state index is -0.302. The highest BCUT2D eigenvalue weighted by atomic mass is 32.1. The van der Waals surface area contributed by atoms with E-state index in [1.54, 1.807) is 28.9 Å². The molecule has 6 nitrogen and oxygen atoms in total. The van der Waals surface area contributed by atoms with E-state index in [1.165, 1.54) is 23.5 Å². The van der Waals surface area contributed by atoms with Gasteiger partial charge in [-0.3, -0.25) is 9.59 Å². The van der Waals surface area contributed by atoms with Crippen molar-refractivity contribution in [3.63, 3.8) is 0 Å². The van der Waals surface area contributed by atoms with E-state index in [0.717, 1.165) is 34.4 Å². The number of amides is 2. The van der Waals surface area contributed by atoms with Crippen LogP contribution in [0.1, 0.15) is 38.6 Å². The Morgan fingerprint density at radius 1 is 1.06 bits per heavy atom. The molecule has 1 fully saturated rings. The number of thiophene rings is 1. The molecule has 0 bridgehead atoms. The Morgan fingerprint density at radius 3 is 2.45 bits per heavy atom. The minimum Gasteiger partial charge on any atom is -0.349 e. The monoisotopic (exact) mass is 462 g/mol. The number of halogens is 1. The first kappa shape index (κ1) is 21.3. The molecule has 2 aromatic carbocycles. The number of hydrogen-bond donors (Lipinski definition) is 1. The predicted octanol–water partition coefficient (Wildman–Crippen LogP) is 4.57. The third-order valence-electron chi connectivity index (χ3n) is 5.98. The second kappa shape index (κ2) is 8.78. The first-order valence-electron chi connectivity index (χ1n) is 10.9. The highest BCUT2D eigenvalue weighted by Gasteiger charge is 2.27. The Kier molecular flexibility index (Phi) is 5.68. The van der Waals surface area contributed by atoms with E-state index in [2.05, 4.69) is 10.4 Å². The lowest BCUT2D eigenvalue weighted by Gasteiger charge is -2.32. The van der Waals surface area contributed by atoms with Crippen LogP contribution in [-0.2, 0) is 0 Å². The number of benzene rings is 2. The molecule has 0 radical (unpaired) electrons. The second-order valence-corrected chi connectivity index (χ2v) is 9.24. The SMILES string of the molecule is Cc1nn(-c2ccc(F)cc2)c2sc(C(=O)N3CCC(NC(=O)c4ccccc4)CC3)cc12. The maximum absolute atomic E-state index is 13.3. The molecule has 1 aliphatic heterocycles. The van der Waals surface area contributed by atoms with E-state index in [4.69, 9.17) is 0 Å². The Morgan fingerprint density at radius 2 is 1.76 bits per heavy atom. The number of nitrogens with one attached hydrogen (secondary N) is 1. The number of carbonyl (C=O) groups is 2. The maximum Gasteiger partial charge on any atom is 0.264 e. The Labute approximate surface area is 194 Å². The van der Waals surface area contributed by atoms with E-state index in [1.807, 2.05) is 36.1 Å². The van der Waals surface area contributed by atoms with Gasteiger partial charge in [0, 0.05) is 30.1 Å². The van der Waals surface area contributed by atoms with E-state index in [9.17, 15) is 14.0 Å². The summed E-state index contributed by atoms with van der Waals surface area (Å²) in [4.78, 5) is 29.0. The highest BCUT2D eigenvalue weighted by molar-refractivity contribution is 7.20. The third-order valence-corrected chi connectivity index (χ3v) is 7.08. The number of aryl methyl sites for hydroxylation is 1. The largest absolute Gasteiger partial charge is 0.349 e. The van der Waals surface area contributed by atoms with Crippen LogP contribution in [0.3, 0.4) is 0 Å². The van der Waals surface area contributed by atoms with Crippen LogP contribution < -0.4 is 5.32 Å². The van der Waals surface area contributed by atoms with Crippen LogP contribution in [-0.4, -0.2) is 45.6 Å². The summed E-state index contributed by atoms with van der Waals surface area (Å²) in [6.07, 6.45) is 1.44. The summed E-state index contributed by atoms with van der Waals surface area (Å²) < 4.78 is 15.1. The fourth-order valence-corrected chi connectivity index (χ4v) is 5.30. The van der Waals surface area contributed by atoms with Gasteiger partial charge in [-0.25, -0.2) is 9.07 Å². The van der Waals surface area contributed by atoms with Crippen molar-refractivity contribution in [1.82, 2.24) is 20.0 Å². The Balaban J connectivity index is 1.27.